The monoisotopic (exact) mass is 530 g/mol. The van der Waals surface area contributed by atoms with Gasteiger partial charge in [0.05, 0.1) is 25.0 Å². The Labute approximate surface area is 195 Å². The minimum atomic E-state index is -0.193. The van der Waals surface area contributed by atoms with Crippen molar-refractivity contribution in [1.29, 1.82) is 0 Å². The molecule has 0 aliphatic carbocycles. The van der Waals surface area contributed by atoms with Gasteiger partial charge < -0.3 is 19.9 Å². The zero-order valence-corrected chi connectivity index (χ0v) is 20.3. The molecule has 7 nitrogen and oxygen atoms in total. The van der Waals surface area contributed by atoms with E-state index >= 15 is 0 Å². The lowest BCUT2D eigenvalue weighted by Gasteiger charge is -2.34. The number of benzene rings is 1. The molecule has 0 saturated carbocycles. The summed E-state index contributed by atoms with van der Waals surface area (Å²) in [5, 5.41) is 7.63. The summed E-state index contributed by atoms with van der Waals surface area (Å²) in [6, 6.07) is 6.85. The van der Waals surface area contributed by atoms with E-state index in [1.165, 1.54) is 6.07 Å². The first kappa shape index (κ1) is 24.4. The van der Waals surface area contributed by atoms with Crippen LogP contribution in [0.25, 0.3) is 0 Å². The molecule has 3 rings (SSSR count). The van der Waals surface area contributed by atoms with E-state index < -0.39 is 0 Å². The predicted molar refractivity (Wildman–Crippen MR) is 129 cm³/mol. The Morgan fingerprint density at radius 1 is 1.40 bits per heavy atom. The van der Waals surface area contributed by atoms with Crippen LogP contribution in [0, 0.1) is 5.82 Å². The summed E-state index contributed by atoms with van der Waals surface area (Å²) in [6.07, 6.45) is 4.69. The van der Waals surface area contributed by atoms with Crippen molar-refractivity contribution in [2.75, 3.05) is 51.3 Å². The van der Waals surface area contributed by atoms with Gasteiger partial charge in [-0.2, -0.15) is 5.10 Å². The van der Waals surface area contributed by atoms with Crippen LogP contribution in [-0.4, -0.2) is 67.0 Å². The Morgan fingerprint density at radius 2 is 2.20 bits per heavy atom. The summed E-state index contributed by atoms with van der Waals surface area (Å²) < 4.78 is 21.6. The van der Waals surface area contributed by atoms with Crippen LogP contribution in [0.2, 0.25) is 0 Å². The zero-order chi connectivity index (χ0) is 20.6. The van der Waals surface area contributed by atoms with Crippen LogP contribution in [0.3, 0.4) is 0 Å². The predicted octanol–water partition coefficient (Wildman–Crippen LogP) is 3.04. The number of rotatable bonds is 7. The van der Waals surface area contributed by atoms with E-state index in [2.05, 4.69) is 22.2 Å². The molecule has 1 aromatic carbocycles. The van der Waals surface area contributed by atoms with E-state index in [9.17, 15) is 4.39 Å². The Bertz CT molecular complexity index is 814. The number of para-hydroxylation sites is 1. The molecule has 1 aromatic heterocycles. The van der Waals surface area contributed by atoms with Gasteiger partial charge in [-0.25, -0.2) is 4.39 Å². The van der Waals surface area contributed by atoms with Gasteiger partial charge in [0.1, 0.15) is 11.9 Å². The molecule has 166 valence electrons. The normalized spacial score (nSPS) is 16.9. The molecule has 1 saturated heterocycles. The number of morpholine rings is 1. The molecule has 2 aromatic rings. The second-order valence-corrected chi connectivity index (χ2v) is 7.21. The van der Waals surface area contributed by atoms with Gasteiger partial charge in [0.25, 0.3) is 0 Å². The van der Waals surface area contributed by atoms with Gasteiger partial charge in [-0.05, 0) is 25.5 Å². The van der Waals surface area contributed by atoms with Gasteiger partial charge in [-0.3, -0.25) is 9.67 Å². The van der Waals surface area contributed by atoms with Gasteiger partial charge in [0.15, 0.2) is 5.96 Å². The second kappa shape index (κ2) is 12.1. The Kier molecular flexibility index (Phi) is 9.83. The van der Waals surface area contributed by atoms with Crippen molar-refractivity contribution in [2.24, 2.45) is 12.0 Å². The van der Waals surface area contributed by atoms with Crippen LogP contribution >= 0.6 is 24.0 Å². The van der Waals surface area contributed by atoms with Crippen molar-refractivity contribution in [3.05, 3.63) is 48.0 Å². The van der Waals surface area contributed by atoms with Crippen LogP contribution in [0.1, 0.15) is 25.0 Å². The molecule has 0 radical (unpaired) electrons. The fourth-order valence-electron chi connectivity index (χ4n) is 3.45. The summed E-state index contributed by atoms with van der Waals surface area (Å²) in [6.45, 7) is 6.50. The largest absolute Gasteiger partial charge is 0.372 e. The summed E-state index contributed by atoms with van der Waals surface area (Å²) in [4.78, 5) is 8.97. The highest BCUT2D eigenvalue weighted by atomic mass is 127. The number of ether oxygens (including phenoxy) is 1. The number of aryl methyl sites for hydroxylation is 1. The average Bonchev–Trinajstić information content (AvgIpc) is 3.17. The van der Waals surface area contributed by atoms with Crippen LogP contribution in [-0.2, 0) is 11.8 Å². The molecule has 1 N–H and O–H groups in total. The fraction of sp³-hybridized carbons (Fsp3) is 0.524. The molecule has 1 fully saturated rings. The molecule has 0 amide bonds. The molecule has 0 bridgehead atoms. The number of nitrogens with one attached hydrogen (secondary N) is 1. The van der Waals surface area contributed by atoms with E-state index in [0.29, 0.717) is 18.8 Å². The van der Waals surface area contributed by atoms with Gasteiger partial charge in [0.2, 0.25) is 0 Å². The molecule has 30 heavy (non-hydrogen) atoms. The topological polar surface area (TPSA) is 57.9 Å². The number of anilines is 1. The minimum Gasteiger partial charge on any atom is -0.372 e. The Hall–Kier alpha value is -1.88. The van der Waals surface area contributed by atoms with Crippen molar-refractivity contribution in [3.8, 4) is 0 Å². The summed E-state index contributed by atoms with van der Waals surface area (Å²) in [7, 11) is 3.82. The maximum Gasteiger partial charge on any atom is 0.194 e. The first-order valence-corrected chi connectivity index (χ1v) is 10.2. The molecule has 0 spiro atoms. The van der Waals surface area contributed by atoms with E-state index in [0.717, 1.165) is 44.1 Å². The molecule has 1 aliphatic rings. The van der Waals surface area contributed by atoms with Crippen molar-refractivity contribution >= 4 is 35.6 Å². The van der Waals surface area contributed by atoms with Gasteiger partial charge in [-0.15, -0.1) is 24.0 Å². The van der Waals surface area contributed by atoms with Crippen LogP contribution in [0.15, 0.2) is 41.7 Å². The van der Waals surface area contributed by atoms with Gasteiger partial charge in [0, 0.05) is 52.0 Å². The Morgan fingerprint density at radius 3 is 2.90 bits per heavy atom. The number of hydrogen-bond donors (Lipinski definition) is 1. The van der Waals surface area contributed by atoms with E-state index in [1.54, 1.807) is 16.8 Å². The number of guanidine groups is 1. The van der Waals surface area contributed by atoms with Gasteiger partial charge in [-0.1, -0.05) is 12.1 Å². The maximum atomic E-state index is 13.9. The lowest BCUT2D eigenvalue weighted by Crippen LogP contribution is -2.48. The quantitative estimate of drug-likeness (QED) is 0.258. The molecule has 1 unspecified atom stereocenters. The Balaban J connectivity index is 0.00000320. The summed E-state index contributed by atoms with van der Waals surface area (Å²) in [5.41, 5.74) is 1.70. The molecule has 9 heteroatoms. The lowest BCUT2D eigenvalue weighted by molar-refractivity contribution is -0.00803. The fourth-order valence-corrected chi connectivity index (χ4v) is 3.45. The number of hydrogen-bond acceptors (Lipinski definition) is 4. The highest BCUT2D eigenvalue weighted by molar-refractivity contribution is 14.0. The van der Waals surface area contributed by atoms with E-state index in [-0.39, 0.29) is 35.9 Å². The number of aromatic nitrogens is 2. The second-order valence-electron chi connectivity index (χ2n) is 7.21. The van der Waals surface area contributed by atoms with Crippen LogP contribution < -0.4 is 10.2 Å². The van der Waals surface area contributed by atoms with E-state index in [1.807, 2.05) is 37.5 Å². The SMILES string of the molecule is CCNC(=NCCCN(C)c1ccccc1F)N1CCOC(c2cnn(C)c2)C1.I. The number of nitrogens with zero attached hydrogens (tertiary/aromatic N) is 5. The molecular weight excluding hydrogens is 498 g/mol. The van der Waals surface area contributed by atoms with Gasteiger partial charge >= 0.3 is 0 Å². The van der Waals surface area contributed by atoms with Crippen molar-refractivity contribution in [2.45, 2.75) is 19.4 Å². The first-order chi connectivity index (χ1) is 14.1. The summed E-state index contributed by atoms with van der Waals surface area (Å²) in [5.74, 6) is 0.708. The average molecular weight is 530 g/mol. The van der Waals surface area contributed by atoms with Crippen LogP contribution in [0.5, 0.6) is 0 Å². The van der Waals surface area contributed by atoms with Crippen molar-refractivity contribution in [1.82, 2.24) is 20.0 Å². The van der Waals surface area contributed by atoms with Crippen LogP contribution in [0.4, 0.5) is 10.1 Å². The molecule has 2 heterocycles. The lowest BCUT2D eigenvalue weighted by atomic mass is 10.1. The third kappa shape index (κ3) is 6.56. The third-order valence-electron chi connectivity index (χ3n) is 4.97. The minimum absolute atomic E-state index is 0. The molecule has 1 atom stereocenters. The molecule has 1 aliphatic heterocycles. The zero-order valence-electron chi connectivity index (χ0n) is 17.9. The third-order valence-corrected chi connectivity index (χ3v) is 4.97. The highest BCUT2D eigenvalue weighted by Crippen LogP contribution is 2.21. The summed E-state index contributed by atoms with van der Waals surface area (Å²) >= 11 is 0. The smallest absolute Gasteiger partial charge is 0.194 e. The number of aliphatic imine (C=N–C) groups is 1. The first-order valence-electron chi connectivity index (χ1n) is 10.2. The van der Waals surface area contributed by atoms with Crippen molar-refractivity contribution < 1.29 is 9.13 Å². The maximum absolute atomic E-state index is 13.9. The standard InChI is InChI=1S/C21H31FN6O.HI/c1-4-23-21(24-10-7-11-26(2)19-9-6-5-8-18(19)22)28-12-13-29-20(16-28)17-14-25-27(3)15-17;/h5-6,8-9,14-15,20H,4,7,10-13,16H2,1-3H3,(H,23,24);1H. The van der Waals surface area contributed by atoms with E-state index in [4.69, 9.17) is 9.73 Å². The number of halogens is 2. The van der Waals surface area contributed by atoms with Crippen molar-refractivity contribution in [3.63, 3.8) is 0 Å². The molecular formula is C21H32FIN6O. The highest BCUT2D eigenvalue weighted by Gasteiger charge is 2.25.